The number of nitrogens with zero attached hydrogens (tertiary/aromatic N) is 1. The van der Waals surface area contributed by atoms with Crippen molar-refractivity contribution in [3.63, 3.8) is 0 Å². The molecule has 1 heterocycles. The van der Waals surface area contributed by atoms with Crippen LogP contribution in [0.3, 0.4) is 0 Å². The Morgan fingerprint density at radius 3 is 2.64 bits per heavy atom. The van der Waals surface area contributed by atoms with Gasteiger partial charge in [0.05, 0.1) is 20.3 Å². The Bertz CT molecular complexity index is 755. The van der Waals surface area contributed by atoms with E-state index >= 15 is 0 Å². The summed E-state index contributed by atoms with van der Waals surface area (Å²) in [6, 6.07) is 15.6. The summed E-state index contributed by atoms with van der Waals surface area (Å²) in [7, 11) is 3.30. The third-order valence-corrected chi connectivity index (χ3v) is 4.55. The van der Waals surface area contributed by atoms with Crippen molar-refractivity contribution < 1.29 is 14.3 Å². The van der Waals surface area contributed by atoms with Gasteiger partial charge in [0.1, 0.15) is 11.5 Å². The minimum absolute atomic E-state index is 0.0120. The first kappa shape index (κ1) is 17.1. The first-order valence-electron chi connectivity index (χ1n) is 8.48. The predicted molar refractivity (Wildman–Crippen MR) is 98.7 cm³/mol. The molecule has 25 heavy (non-hydrogen) atoms. The quantitative estimate of drug-likeness (QED) is 0.772. The van der Waals surface area contributed by atoms with E-state index in [0.29, 0.717) is 0 Å². The smallest absolute Gasteiger partial charge is 0.247 e. The number of carbonyl (C=O) groups is 1. The zero-order valence-electron chi connectivity index (χ0n) is 14.6. The van der Waals surface area contributed by atoms with Gasteiger partial charge in [-0.15, -0.1) is 0 Å². The standard InChI is InChI=1S/C21H23NO3/c1-24-17-11-12-20(25-2)18(15-17)19-9-6-14-22(19)21(23)13-10-16-7-4-3-5-8-16/h3-5,7-8,10-13,15,19H,6,9,14H2,1-2H3. The van der Waals surface area contributed by atoms with Crippen LogP contribution in [0.4, 0.5) is 0 Å². The van der Waals surface area contributed by atoms with Crippen molar-refractivity contribution >= 4 is 12.0 Å². The molecule has 4 nitrogen and oxygen atoms in total. The molecule has 1 saturated heterocycles. The highest BCUT2D eigenvalue weighted by atomic mass is 16.5. The second-order valence-electron chi connectivity index (χ2n) is 6.04. The molecule has 1 amide bonds. The first-order chi connectivity index (χ1) is 12.2. The summed E-state index contributed by atoms with van der Waals surface area (Å²) < 4.78 is 10.8. The molecule has 2 aromatic rings. The van der Waals surface area contributed by atoms with Crippen molar-refractivity contribution in [2.75, 3.05) is 20.8 Å². The Hall–Kier alpha value is -2.75. The Morgan fingerprint density at radius 2 is 1.92 bits per heavy atom. The van der Waals surface area contributed by atoms with E-state index in [1.807, 2.05) is 59.5 Å². The number of benzene rings is 2. The molecule has 1 aliphatic rings. The van der Waals surface area contributed by atoms with E-state index in [1.54, 1.807) is 20.3 Å². The zero-order chi connectivity index (χ0) is 17.6. The zero-order valence-corrected chi connectivity index (χ0v) is 14.6. The monoisotopic (exact) mass is 337 g/mol. The summed E-state index contributed by atoms with van der Waals surface area (Å²) in [5, 5.41) is 0. The number of carbonyl (C=O) groups excluding carboxylic acids is 1. The van der Waals surface area contributed by atoms with E-state index in [-0.39, 0.29) is 11.9 Å². The lowest BCUT2D eigenvalue weighted by Crippen LogP contribution is -2.29. The summed E-state index contributed by atoms with van der Waals surface area (Å²) >= 11 is 0. The molecule has 0 saturated carbocycles. The first-order valence-corrected chi connectivity index (χ1v) is 8.48. The number of hydrogen-bond acceptors (Lipinski definition) is 3. The van der Waals surface area contributed by atoms with Crippen LogP contribution in [0.25, 0.3) is 6.08 Å². The lowest BCUT2D eigenvalue weighted by Gasteiger charge is -2.25. The highest BCUT2D eigenvalue weighted by molar-refractivity contribution is 5.92. The fourth-order valence-corrected chi connectivity index (χ4v) is 3.28. The number of ether oxygens (including phenoxy) is 2. The van der Waals surface area contributed by atoms with Crippen molar-refractivity contribution in [2.45, 2.75) is 18.9 Å². The van der Waals surface area contributed by atoms with E-state index in [1.165, 1.54) is 0 Å². The maximum absolute atomic E-state index is 12.7. The minimum Gasteiger partial charge on any atom is -0.497 e. The van der Waals surface area contributed by atoms with Gasteiger partial charge in [-0.05, 0) is 42.7 Å². The van der Waals surface area contributed by atoms with E-state index in [4.69, 9.17) is 9.47 Å². The van der Waals surface area contributed by atoms with Crippen LogP contribution in [-0.2, 0) is 4.79 Å². The van der Waals surface area contributed by atoms with Crippen LogP contribution in [-0.4, -0.2) is 31.6 Å². The number of rotatable bonds is 5. The predicted octanol–water partition coefficient (Wildman–Crippen LogP) is 4.08. The molecule has 0 spiro atoms. The molecule has 0 aliphatic carbocycles. The summed E-state index contributed by atoms with van der Waals surface area (Å²) in [4.78, 5) is 14.6. The van der Waals surface area contributed by atoms with Gasteiger partial charge in [-0.1, -0.05) is 30.3 Å². The SMILES string of the molecule is COc1ccc(OC)c(C2CCCN2C(=O)C=Cc2ccccc2)c1. The molecule has 0 radical (unpaired) electrons. The van der Waals surface area contributed by atoms with Gasteiger partial charge >= 0.3 is 0 Å². The molecule has 0 N–H and O–H groups in total. The number of methoxy groups -OCH3 is 2. The Kier molecular flexibility index (Phi) is 5.39. The van der Waals surface area contributed by atoms with Crippen LogP contribution in [0.5, 0.6) is 11.5 Å². The van der Waals surface area contributed by atoms with Crippen LogP contribution in [0, 0.1) is 0 Å². The molecule has 1 unspecified atom stereocenters. The van der Waals surface area contributed by atoms with Gasteiger partial charge in [-0.2, -0.15) is 0 Å². The van der Waals surface area contributed by atoms with Crippen LogP contribution >= 0.6 is 0 Å². The maximum atomic E-state index is 12.7. The Morgan fingerprint density at radius 1 is 1.12 bits per heavy atom. The lowest BCUT2D eigenvalue weighted by molar-refractivity contribution is -0.126. The highest BCUT2D eigenvalue weighted by Crippen LogP contribution is 2.39. The van der Waals surface area contributed by atoms with Crippen LogP contribution < -0.4 is 9.47 Å². The fourth-order valence-electron chi connectivity index (χ4n) is 3.28. The molecule has 0 aromatic heterocycles. The van der Waals surface area contributed by atoms with Gasteiger partial charge in [0.15, 0.2) is 0 Å². The fraction of sp³-hybridized carbons (Fsp3) is 0.286. The molecule has 3 rings (SSSR count). The van der Waals surface area contributed by atoms with Gasteiger partial charge < -0.3 is 14.4 Å². The summed E-state index contributed by atoms with van der Waals surface area (Å²) in [5.74, 6) is 1.59. The summed E-state index contributed by atoms with van der Waals surface area (Å²) in [5.41, 5.74) is 2.02. The molecular formula is C21H23NO3. The number of amides is 1. The highest BCUT2D eigenvalue weighted by Gasteiger charge is 2.31. The molecule has 1 atom stereocenters. The summed E-state index contributed by atoms with van der Waals surface area (Å²) in [6.07, 6.45) is 5.42. The molecule has 0 bridgehead atoms. The topological polar surface area (TPSA) is 38.8 Å². The van der Waals surface area contributed by atoms with Crippen molar-refractivity contribution in [1.82, 2.24) is 4.90 Å². The second kappa shape index (κ2) is 7.88. The van der Waals surface area contributed by atoms with Crippen LogP contribution in [0.2, 0.25) is 0 Å². The van der Waals surface area contributed by atoms with Crippen molar-refractivity contribution in [3.05, 3.63) is 65.7 Å². The van der Waals surface area contributed by atoms with E-state index in [9.17, 15) is 4.79 Å². The van der Waals surface area contributed by atoms with Crippen LogP contribution in [0.15, 0.2) is 54.6 Å². The molecule has 1 fully saturated rings. The Labute approximate surface area is 148 Å². The normalized spacial score (nSPS) is 17.0. The van der Waals surface area contributed by atoms with Crippen LogP contribution in [0.1, 0.15) is 30.0 Å². The molecule has 1 aliphatic heterocycles. The molecule has 2 aromatic carbocycles. The van der Waals surface area contributed by atoms with E-state index in [0.717, 1.165) is 42.0 Å². The van der Waals surface area contributed by atoms with Crippen molar-refractivity contribution in [2.24, 2.45) is 0 Å². The third kappa shape index (κ3) is 3.85. The van der Waals surface area contributed by atoms with Gasteiger partial charge in [-0.3, -0.25) is 4.79 Å². The van der Waals surface area contributed by atoms with Gasteiger partial charge in [0.25, 0.3) is 0 Å². The van der Waals surface area contributed by atoms with E-state index in [2.05, 4.69) is 0 Å². The average Bonchev–Trinajstić information content (AvgIpc) is 3.16. The third-order valence-electron chi connectivity index (χ3n) is 4.55. The van der Waals surface area contributed by atoms with Gasteiger partial charge in [0.2, 0.25) is 5.91 Å². The average molecular weight is 337 g/mol. The van der Waals surface area contributed by atoms with E-state index < -0.39 is 0 Å². The molecular weight excluding hydrogens is 314 g/mol. The van der Waals surface area contributed by atoms with Crippen molar-refractivity contribution in [3.8, 4) is 11.5 Å². The minimum atomic E-state index is 0.0120. The maximum Gasteiger partial charge on any atom is 0.247 e. The number of likely N-dealkylation sites (tertiary alicyclic amines) is 1. The van der Waals surface area contributed by atoms with Gasteiger partial charge in [-0.25, -0.2) is 0 Å². The molecule has 130 valence electrons. The lowest BCUT2D eigenvalue weighted by atomic mass is 10.0. The largest absolute Gasteiger partial charge is 0.497 e. The van der Waals surface area contributed by atoms with Gasteiger partial charge in [0, 0.05) is 18.2 Å². The molecule has 4 heteroatoms. The van der Waals surface area contributed by atoms with Crippen molar-refractivity contribution in [1.29, 1.82) is 0 Å². The Balaban J connectivity index is 1.83. The number of hydrogen-bond donors (Lipinski definition) is 0. The summed E-state index contributed by atoms with van der Waals surface area (Å²) in [6.45, 7) is 0.753. The second-order valence-corrected chi connectivity index (χ2v) is 6.04.